The molecule has 1 aliphatic rings. The number of nitrogens with zero attached hydrogens (tertiary/aromatic N) is 1. The van der Waals surface area contributed by atoms with Crippen molar-refractivity contribution in [1.82, 2.24) is 0 Å². The lowest BCUT2D eigenvalue weighted by Gasteiger charge is -2.38. The first-order chi connectivity index (χ1) is 9.22. The molecule has 6 heteroatoms. The molecule has 1 N–H and O–H groups in total. The number of rotatable bonds is 6. The summed E-state index contributed by atoms with van der Waals surface area (Å²) in [4.78, 5) is 2.28. The molecule has 1 heterocycles. The third-order valence-electron chi connectivity index (χ3n) is 3.68. The highest BCUT2D eigenvalue weighted by Gasteiger charge is 2.50. The maximum absolute atomic E-state index is 5.64. The largest absolute Gasteiger partial charge is 0.523 e. The molecule has 0 saturated carbocycles. The van der Waals surface area contributed by atoms with E-state index in [1.54, 1.807) is 21.3 Å². The van der Waals surface area contributed by atoms with Crippen LogP contribution in [0.15, 0.2) is 24.3 Å². The number of fused-ring (bicyclic) bond motifs is 1. The lowest BCUT2D eigenvalue weighted by Crippen LogP contribution is -2.61. The van der Waals surface area contributed by atoms with Crippen LogP contribution in [0.2, 0.25) is 0 Å². The normalized spacial score (nSPS) is 16.1. The fraction of sp³-hybridized carbons (Fsp3) is 0.538. The lowest BCUT2D eigenvalue weighted by atomic mass is 10.2. The molecule has 1 unspecified atom stereocenters. The van der Waals surface area contributed by atoms with Crippen LogP contribution in [0.3, 0.4) is 0 Å². The predicted octanol–water partition coefficient (Wildman–Crippen LogP) is 2.07. The first-order valence-electron chi connectivity index (χ1n) is 6.47. The molecule has 1 aliphatic heterocycles. The molecular formula is C13H22N2O3Si. The van der Waals surface area contributed by atoms with Crippen LogP contribution in [0.1, 0.15) is 13.3 Å². The Labute approximate surface area is 115 Å². The zero-order valence-corrected chi connectivity index (χ0v) is 13.0. The van der Waals surface area contributed by atoms with Crippen LogP contribution in [0, 0.1) is 0 Å². The quantitative estimate of drug-likeness (QED) is 0.809. The van der Waals surface area contributed by atoms with E-state index in [1.165, 1.54) is 5.69 Å². The average Bonchev–Trinajstić information content (AvgIpc) is 2.89. The molecule has 0 aromatic heterocycles. The van der Waals surface area contributed by atoms with Gasteiger partial charge in [-0.05, 0) is 18.6 Å². The Balaban J connectivity index is 2.34. The van der Waals surface area contributed by atoms with Gasteiger partial charge in [-0.1, -0.05) is 19.1 Å². The molecule has 0 spiro atoms. The number of benzene rings is 1. The van der Waals surface area contributed by atoms with E-state index in [0.717, 1.165) is 18.8 Å². The van der Waals surface area contributed by atoms with Crippen molar-refractivity contribution in [2.75, 3.05) is 38.2 Å². The summed E-state index contributed by atoms with van der Waals surface area (Å²) in [5.41, 5.74) is 2.42. The highest BCUT2D eigenvalue weighted by molar-refractivity contribution is 6.63. The molecule has 0 saturated heterocycles. The molecular weight excluding hydrogens is 260 g/mol. The van der Waals surface area contributed by atoms with E-state index in [0.29, 0.717) is 0 Å². The van der Waals surface area contributed by atoms with Gasteiger partial charge in [-0.3, -0.25) is 0 Å². The fourth-order valence-corrected chi connectivity index (χ4v) is 5.15. The van der Waals surface area contributed by atoms with Gasteiger partial charge in [-0.15, -0.1) is 0 Å². The monoisotopic (exact) mass is 282 g/mol. The molecule has 0 bridgehead atoms. The maximum atomic E-state index is 5.64. The number of anilines is 2. The standard InChI is InChI=1S/C13H22N2O3Si/c1-5-13(19(16-2,17-3)18-4)15-10-14-11-8-6-7-9-12(11)15/h6-9,13-14H,5,10H2,1-4H3. The third kappa shape index (κ3) is 2.36. The minimum atomic E-state index is -2.69. The van der Waals surface area contributed by atoms with Crippen LogP contribution in [-0.2, 0) is 13.3 Å². The maximum Gasteiger partial charge on any atom is 0.523 e. The molecule has 1 aromatic carbocycles. The molecule has 1 atom stereocenters. The second-order valence-electron chi connectivity index (χ2n) is 4.46. The minimum Gasteiger partial charge on any atom is -0.376 e. The van der Waals surface area contributed by atoms with Crippen LogP contribution in [0.4, 0.5) is 11.4 Å². The van der Waals surface area contributed by atoms with Gasteiger partial charge in [-0.2, -0.15) is 0 Å². The summed E-state index contributed by atoms with van der Waals surface area (Å²) in [6.07, 6.45) is 0.901. The highest BCUT2D eigenvalue weighted by atomic mass is 28.4. The summed E-state index contributed by atoms with van der Waals surface area (Å²) in [7, 11) is 2.30. The van der Waals surface area contributed by atoms with E-state index < -0.39 is 8.80 Å². The molecule has 106 valence electrons. The van der Waals surface area contributed by atoms with Crippen molar-refractivity contribution in [3.05, 3.63) is 24.3 Å². The van der Waals surface area contributed by atoms with Crippen molar-refractivity contribution >= 4 is 20.2 Å². The van der Waals surface area contributed by atoms with Gasteiger partial charge in [0.2, 0.25) is 0 Å². The Bertz CT molecular complexity index is 418. The summed E-state index contributed by atoms with van der Waals surface area (Å²) in [6, 6.07) is 8.26. The summed E-state index contributed by atoms with van der Waals surface area (Å²) in [5, 5.41) is 3.39. The minimum absolute atomic E-state index is 0.101. The molecule has 5 nitrogen and oxygen atoms in total. The number of hydrogen-bond acceptors (Lipinski definition) is 5. The number of para-hydroxylation sites is 2. The second-order valence-corrected chi connectivity index (χ2v) is 7.56. The summed E-state index contributed by atoms with van der Waals surface area (Å²) in [5.74, 6) is 0. The van der Waals surface area contributed by atoms with Gasteiger partial charge < -0.3 is 23.5 Å². The lowest BCUT2D eigenvalue weighted by molar-refractivity contribution is 0.111. The zero-order valence-electron chi connectivity index (χ0n) is 12.0. The Morgan fingerprint density at radius 3 is 2.42 bits per heavy atom. The average molecular weight is 282 g/mol. The van der Waals surface area contributed by atoms with Crippen molar-refractivity contribution in [2.45, 2.75) is 19.0 Å². The van der Waals surface area contributed by atoms with Gasteiger partial charge >= 0.3 is 8.80 Å². The topological polar surface area (TPSA) is 43.0 Å². The van der Waals surface area contributed by atoms with Gasteiger partial charge in [0, 0.05) is 21.3 Å². The van der Waals surface area contributed by atoms with Crippen molar-refractivity contribution in [3.8, 4) is 0 Å². The van der Waals surface area contributed by atoms with Crippen molar-refractivity contribution in [2.24, 2.45) is 0 Å². The van der Waals surface area contributed by atoms with Crippen molar-refractivity contribution in [3.63, 3.8) is 0 Å². The Hall–Kier alpha value is -1.08. The molecule has 0 fully saturated rings. The Morgan fingerprint density at radius 1 is 1.21 bits per heavy atom. The first-order valence-corrected chi connectivity index (χ1v) is 8.27. The van der Waals surface area contributed by atoms with Crippen molar-refractivity contribution in [1.29, 1.82) is 0 Å². The second kappa shape index (κ2) is 5.92. The van der Waals surface area contributed by atoms with E-state index in [4.69, 9.17) is 13.3 Å². The van der Waals surface area contributed by atoms with E-state index in [2.05, 4.69) is 29.3 Å². The SMILES string of the molecule is CCC(N1CNc2ccccc21)[Si](OC)(OC)OC. The van der Waals surface area contributed by atoms with E-state index >= 15 is 0 Å². The van der Waals surface area contributed by atoms with Crippen LogP contribution in [-0.4, -0.2) is 42.5 Å². The molecule has 1 aromatic rings. The predicted molar refractivity (Wildman–Crippen MR) is 78.3 cm³/mol. The molecule has 19 heavy (non-hydrogen) atoms. The van der Waals surface area contributed by atoms with E-state index in [9.17, 15) is 0 Å². The van der Waals surface area contributed by atoms with Gasteiger partial charge in [0.15, 0.2) is 0 Å². The summed E-state index contributed by atoms with van der Waals surface area (Å²) >= 11 is 0. The molecule has 0 aliphatic carbocycles. The third-order valence-corrected chi connectivity index (χ3v) is 6.92. The first kappa shape index (κ1) is 14.3. The van der Waals surface area contributed by atoms with Gasteiger partial charge in [0.25, 0.3) is 0 Å². The Morgan fingerprint density at radius 2 is 1.84 bits per heavy atom. The number of nitrogens with one attached hydrogen (secondary N) is 1. The van der Waals surface area contributed by atoms with Crippen molar-refractivity contribution < 1.29 is 13.3 Å². The van der Waals surface area contributed by atoms with Crippen LogP contribution >= 0.6 is 0 Å². The van der Waals surface area contributed by atoms with Crippen LogP contribution in [0.25, 0.3) is 0 Å². The molecule has 0 amide bonds. The van der Waals surface area contributed by atoms with Gasteiger partial charge in [-0.25, -0.2) is 0 Å². The Kier molecular flexibility index (Phi) is 4.46. The van der Waals surface area contributed by atoms with Crippen LogP contribution < -0.4 is 10.2 Å². The highest BCUT2D eigenvalue weighted by Crippen LogP contribution is 2.35. The zero-order chi connectivity index (χ0) is 13.9. The molecule has 2 rings (SSSR count). The smallest absolute Gasteiger partial charge is 0.376 e. The molecule has 0 radical (unpaired) electrons. The fourth-order valence-electron chi connectivity index (χ4n) is 2.73. The summed E-state index contributed by atoms with van der Waals surface area (Å²) < 4.78 is 16.9. The van der Waals surface area contributed by atoms with E-state index in [1.807, 2.05) is 12.1 Å². The summed E-state index contributed by atoms with van der Waals surface area (Å²) in [6.45, 7) is 2.88. The van der Waals surface area contributed by atoms with Gasteiger partial charge in [0.1, 0.15) is 5.67 Å². The van der Waals surface area contributed by atoms with Crippen LogP contribution in [0.5, 0.6) is 0 Å². The number of hydrogen-bond donors (Lipinski definition) is 1. The van der Waals surface area contributed by atoms with E-state index in [-0.39, 0.29) is 5.67 Å². The van der Waals surface area contributed by atoms with Gasteiger partial charge in [0.05, 0.1) is 18.0 Å².